The molecule has 4 N–H and O–H groups in total. The Kier molecular flexibility index (Phi) is 6.99. The number of hydrogen-bond acceptors (Lipinski definition) is 7. The molecule has 0 saturated carbocycles. The van der Waals surface area contributed by atoms with Gasteiger partial charge in [0.05, 0.1) is 11.0 Å². The van der Waals surface area contributed by atoms with Gasteiger partial charge < -0.3 is 24.7 Å². The van der Waals surface area contributed by atoms with Crippen LogP contribution in [0.2, 0.25) is 0 Å². The molecule has 2 amide bonds. The number of carbonyl (C=O) groups excluding carboxylic acids is 1. The van der Waals surface area contributed by atoms with Crippen LogP contribution in [0.4, 0.5) is 16.4 Å². The number of aromatic nitrogens is 2. The van der Waals surface area contributed by atoms with Gasteiger partial charge in [-0.1, -0.05) is 0 Å². The highest BCUT2D eigenvalue weighted by Gasteiger charge is 2.18. The van der Waals surface area contributed by atoms with Crippen LogP contribution in [0.3, 0.4) is 0 Å². The lowest BCUT2D eigenvalue weighted by atomic mass is 10.3. The lowest BCUT2D eigenvalue weighted by molar-refractivity contribution is 0.252. The van der Waals surface area contributed by atoms with Crippen LogP contribution < -0.4 is 20.1 Å². The number of amides is 2. The molecule has 2 heterocycles. The number of anilines is 2. The van der Waals surface area contributed by atoms with E-state index in [1.807, 2.05) is 6.92 Å². The van der Waals surface area contributed by atoms with E-state index >= 15 is 0 Å². The third-order valence-electron chi connectivity index (χ3n) is 5.33. The van der Waals surface area contributed by atoms with Gasteiger partial charge in [0.1, 0.15) is 10.6 Å². The van der Waals surface area contributed by atoms with E-state index in [9.17, 15) is 13.2 Å². The van der Waals surface area contributed by atoms with Gasteiger partial charge >= 0.3 is 16.1 Å². The summed E-state index contributed by atoms with van der Waals surface area (Å²) in [4.78, 5) is 21.3. The van der Waals surface area contributed by atoms with Gasteiger partial charge in [-0.15, -0.1) is 0 Å². The van der Waals surface area contributed by atoms with E-state index in [1.54, 1.807) is 18.2 Å². The minimum atomic E-state index is -4.00. The summed E-state index contributed by atoms with van der Waals surface area (Å²) in [7, 11) is -4.00. The Morgan fingerprint density at radius 2 is 1.91 bits per heavy atom. The molecule has 0 spiro atoms. The predicted octanol–water partition coefficient (Wildman–Crippen LogP) is 2.98. The van der Waals surface area contributed by atoms with E-state index in [2.05, 4.69) is 30.8 Å². The van der Waals surface area contributed by atoms with Gasteiger partial charge in [0, 0.05) is 31.4 Å². The second-order valence-electron chi connectivity index (χ2n) is 7.79. The van der Waals surface area contributed by atoms with Crippen molar-refractivity contribution in [3.63, 3.8) is 0 Å². The standard InChI is InChI=1S/C22H28N6O4S/c1-2-23-22(29)27-21-25-19-10-7-17(15-20(19)26-21)32-33(30,31)18-8-5-16(6-9-18)24-11-14-28-12-3-4-13-28/h5-10,15,24H,2-4,11-14H2,1H3,(H3,23,25,26,27,29). The Hall–Kier alpha value is -3.31. The molecule has 1 aromatic heterocycles. The van der Waals surface area contributed by atoms with E-state index in [-0.39, 0.29) is 22.6 Å². The van der Waals surface area contributed by atoms with Crippen molar-refractivity contribution in [2.75, 3.05) is 43.4 Å². The number of aromatic amines is 1. The third kappa shape index (κ3) is 5.93. The summed E-state index contributed by atoms with van der Waals surface area (Å²) in [6, 6.07) is 10.8. The summed E-state index contributed by atoms with van der Waals surface area (Å²) < 4.78 is 30.7. The van der Waals surface area contributed by atoms with E-state index < -0.39 is 10.1 Å². The number of hydrogen-bond donors (Lipinski definition) is 4. The Morgan fingerprint density at radius 1 is 1.15 bits per heavy atom. The average Bonchev–Trinajstić information content (AvgIpc) is 3.43. The van der Waals surface area contributed by atoms with E-state index in [4.69, 9.17) is 4.18 Å². The number of benzene rings is 2. The molecule has 2 aromatic carbocycles. The second-order valence-corrected chi connectivity index (χ2v) is 9.33. The van der Waals surface area contributed by atoms with E-state index in [0.29, 0.717) is 17.6 Å². The maximum absolute atomic E-state index is 12.7. The summed E-state index contributed by atoms with van der Waals surface area (Å²) in [6.45, 7) is 6.36. The highest BCUT2D eigenvalue weighted by Crippen LogP contribution is 2.24. The fourth-order valence-electron chi connectivity index (χ4n) is 3.69. The number of H-pyrrole nitrogens is 1. The number of fused-ring (bicyclic) bond motifs is 1. The van der Waals surface area contributed by atoms with Crippen LogP contribution in [0.25, 0.3) is 11.0 Å². The molecular formula is C22H28N6O4S. The van der Waals surface area contributed by atoms with Crippen LogP contribution in [0.1, 0.15) is 19.8 Å². The van der Waals surface area contributed by atoms with Crippen LogP contribution in [0.15, 0.2) is 47.4 Å². The van der Waals surface area contributed by atoms with Gasteiger partial charge in [0.25, 0.3) is 0 Å². The van der Waals surface area contributed by atoms with E-state index in [0.717, 1.165) is 31.9 Å². The normalized spacial score (nSPS) is 14.3. The van der Waals surface area contributed by atoms with Crippen LogP contribution in [0, 0.1) is 0 Å². The minimum Gasteiger partial charge on any atom is -0.384 e. The number of rotatable bonds is 9. The fraction of sp³-hybridized carbons (Fsp3) is 0.364. The summed E-state index contributed by atoms with van der Waals surface area (Å²) in [5.41, 5.74) is 1.96. The SMILES string of the molecule is CCNC(=O)Nc1nc2ccc(OS(=O)(=O)c3ccc(NCCN4CCCC4)cc3)cc2[nH]1. The van der Waals surface area contributed by atoms with Gasteiger partial charge in [0.15, 0.2) is 0 Å². The van der Waals surface area contributed by atoms with Crippen molar-refractivity contribution in [1.82, 2.24) is 20.2 Å². The topological polar surface area (TPSA) is 128 Å². The number of nitrogens with zero attached hydrogens (tertiary/aromatic N) is 2. The van der Waals surface area contributed by atoms with E-state index in [1.165, 1.54) is 37.1 Å². The molecule has 0 aliphatic carbocycles. The van der Waals surface area contributed by atoms with Crippen molar-refractivity contribution in [3.8, 4) is 5.75 Å². The Balaban J connectivity index is 1.38. The molecule has 0 unspecified atom stereocenters. The molecule has 1 fully saturated rings. The van der Waals surface area contributed by atoms with Crippen LogP contribution >= 0.6 is 0 Å². The molecule has 10 nitrogen and oxygen atoms in total. The zero-order valence-electron chi connectivity index (χ0n) is 18.4. The number of likely N-dealkylation sites (tertiary alicyclic amines) is 1. The number of urea groups is 1. The van der Waals surface area contributed by atoms with Crippen LogP contribution in [-0.2, 0) is 10.1 Å². The molecule has 11 heteroatoms. The molecule has 4 rings (SSSR count). The first kappa shape index (κ1) is 22.9. The van der Waals surface area contributed by atoms with Gasteiger partial charge in [-0.05, 0) is 69.3 Å². The first-order valence-electron chi connectivity index (χ1n) is 11.0. The zero-order chi connectivity index (χ0) is 23.3. The molecule has 33 heavy (non-hydrogen) atoms. The molecule has 176 valence electrons. The predicted molar refractivity (Wildman–Crippen MR) is 127 cm³/mol. The molecule has 0 radical (unpaired) electrons. The summed E-state index contributed by atoms with van der Waals surface area (Å²) >= 11 is 0. The average molecular weight is 473 g/mol. The Labute approximate surface area is 192 Å². The highest BCUT2D eigenvalue weighted by atomic mass is 32.2. The monoisotopic (exact) mass is 472 g/mol. The zero-order valence-corrected chi connectivity index (χ0v) is 19.2. The quantitative estimate of drug-likeness (QED) is 0.353. The maximum atomic E-state index is 12.7. The summed E-state index contributed by atoms with van der Waals surface area (Å²) in [6.07, 6.45) is 2.52. The van der Waals surface area contributed by atoms with Crippen molar-refractivity contribution in [2.24, 2.45) is 0 Å². The summed E-state index contributed by atoms with van der Waals surface area (Å²) in [5, 5.41) is 8.50. The minimum absolute atomic E-state index is 0.0656. The van der Waals surface area contributed by atoms with Crippen molar-refractivity contribution in [2.45, 2.75) is 24.7 Å². The number of nitrogens with one attached hydrogen (secondary N) is 4. The number of imidazole rings is 1. The molecule has 1 aliphatic heterocycles. The smallest absolute Gasteiger partial charge is 0.339 e. The first-order valence-corrected chi connectivity index (χ1v) is 12.4. The Morgan fingerprint density at radius 3 is 2.64 bits per heavy atom. The van der Waals surface area contributed by atoms with Crippen molar-refractivity contribution >= 4 is 38.8 Å². The third-order valence-corrected chi connectivity index (χ3v) is 6.59. The maximum Gasteiger partial charge on any atom is 0.339 e. The molecule has 0 bridgehead atoms. The fourth-order valence-corrected chi connectivity index (χ4v) is 4.61. The number of carbonyl (C=O) groups is 1. The van der Waals surface area contributed by atoms with Gasteiger partial charge in [0.2, 0.25) is 5.95 Å². The lowest BCUT2D eigenvalue weighted by Gasteiger charge is -2.15. The van der Waals surface area contributed by atoms with Crippen LogP contribution in [0.5, 0.6) is 5.75 Å². The van der Waals surface area contributed by atoms with Gasteiger partial charge in [-0.2, -0.15) is 8.42 Å². The van der Waals surface area contributed by atoms with Crippen molar-refractivity contribution < 1.29 is 17.4 Å². The largest absolute Gasteiger partial charge is 0.384 e. The van der Waals surface area contributed by atoms with Crippen LogP contribution in [-0.4, -0.2) is 62.0 Å². The second kappa shape index (κ2) is 10.1. The molecule has 1 saturated heterocycles. The molecule has 0 atom stereocenters. The molecular weight excluding hydrogens is 444 g/mol. The highest BCUT2D eigenvalue weighted by molar-refractivity contribution is 7.87. The first-order chi connectivity index (χ1) is 15.9. The van der Waals surface area contributed by atoms with Gasteiger partial charge in [-0.25, -0.2) is 9.78 Å². The summed E-state index contributed by atoms with van der Waals surface area (Å²) in [5.74, 6) is 0.396. The molecule has 3 aromatic rings. The van der Waals surface area contributed by atoms with Crippen molar-refractivity contribution in [1.29, 1.82) is 0 Å². The molecule has 1 aliphatic rings. The lowest BCUT2D eigenvalue weighted by Crippen LogP contribution is -2.28. The van der Waals surface area contributed by atoms with Gasteiger partial charge in [-0.3, -0.25) is 5.32 Å². The Bertz CT molecular complexity index is 1200. The van der Waals surface area contributed by atoms with Crippen molar-refractivity contribution in [3.05, 3.63) is 42.5 Å².